The van der Waals surface area contributed by atoms with E-state index < -0.39 is 0 Å². The molecule has 0 bridgehead atoms. The van der Waals surface area contributed by atoms with Crippen molar-refractivity contribution in [2.75, 3.05) is 11.1 Å². The smallest absolute Gasteiger partial charge is 0.227 e. The van der Waals surface area contributed by atoms with Crippen molar-refractivity contribution in [1.82, 2.24) is 9.55 Å². The summed E-state index contributed by atoms with van der Waals surface area (Å²) in [5.41, 5.74) is 7.93. The molecule has 2 heterocycles. The number of halogens is 1. The highest BCUT2D eigenvalue weighted by molar-refractivity contribution is 6.33. The van der Waals surface area contributed by atoms with E-state index in [4.69, 9.17) is 17.3 Å². The van der Waals surface area contributed by atoms with E-state index in [9.17, 15) is 4.79 Å². The molecule has 0 saturated carbocycles. The molecule has 1 atom stereocenters. The van der Waals surface area contributed by atoms with Crippen molar-refractivity contribution in [3.63, 3.8) is 0 Å². The molecule has 0 fully saturated rings. The first-order valence-electron chi connectivity index (χ1n) is 6.48. The molecule has 0 radical (unpaired) electrons. The van der Waals surface area contributed by atoms with Crippen LogP contribution in [0.5, 0.6) is 0 Å². The first kappa shape index (κ1) is 13.0. The van der Waals surface area contributed by atoms with Gasteiger partial charge in [-0.3, -0.25) is 4.79 Å². The molecule has 3 N–H and O–H groups in total. The average molecular weight is 291 g/mol. The van der Waals surface area contributed by atoms with E-state index in [1.807, 2.05) is 12.5 Å². The number of nitrogen functional groups attached to an aromatic ring is 1. The fourth-order valence-electron chi connectivity index (χ4n) is 2.44. The van der Waals surface area contributed by atoms with Crippen LogP contribution in [-0.2, 0) is 17.8 Å². The van der Waals surface area contributed by atoms with E-state index in [2.05, 4.69) is 14.9 Å². The highest BCUT2D eigenvalue weighted by Crippen LogP contribution is 2.25. The normalized spacial score (nSPS) is 17.6. The molecule has 0 aliphatic carbocycles. The minimum absolute atomic E-state index is 0.0123. The maximum absolute atomic E-state index is 12.3. The van der Waals surface area contributed by atoms with Crippen LogP contribution < -0.4 is 11.1 Å². The topological polar surface area (TPSA) is 72.9 Å². The van der Waals surface area contributed by atoms with Gasteiger partial charge in [-0.15, -0.1) is 0 Å². The van der Waals surface area contributed by atoms with Gasteiger partial charge in [0.25, 0.3) is 0 Å². The predicted octanol–water partition coefficient (Wildman–Crippen LogP) is 2.32. The van der Waals surface area contributed by atoms with E-state index in [1.165, 1.54) is 0 Å². The highest BCUT2D eigenvalue weighted by atomic mass is 35.5. The summed E-state index contributed by atoms with van der Waals surface area (Å²) in [6.07, 6.45) is 5.16. The number of carbonyl (C=O) groups is 1. The van der Waals surface area contributed by atoms with E-state index in [0.717, 1.165) is 18.7 Å². The Morgan fingerprint density at radius 1 is 1.50 bits per heavy atom. The molecule has 3 rings (SSSR count). The molecule has 1 unspecified atom stereocenters. The van der Waals surface area contributed by atoms with E-state index in [0.29, 0.717) is 22.8 Å². The number of nitrogens with two attached hydrogens (primary N) is 1. The molecule has 0 spiro atoms. The third kappa shape index (κ3) is 2.49. The Hall–Kier alpha value is -2.01. The Morgan fingerprint density at radius 3 is 3.15 bits per heavy atom. The zero-order chi connectivity index (χ0) is 14.1. The molecular formula is C14H15ClN4O. The number of hydrogen-bond acceptors (Lipinski definition) is 3. The molecule has 1 amide bonds. The van der Waals surface area contributed by atoms with Crippen LogP contribution >= 0.6 is 11.6 Å². The van der Waals surface area contributed by atoms with Crippen LogP contribution in [0.4, 0.5) is 11.4 Å². The van der Waals surface area contributed by atoms with Crippen molar-refractivity contribution in [3.05, 3.63) is 41.4 Å². The second-order valence-corrected chi connectivity index (χ2v) is 5.40. The molecule has 104 valence electrons. The van der Waals surface area contributed by atoms with Gasteiger partial charge in [0.2, 0.25) is 5.91 Å². The predicted molar refractivity (Wildman–Crippen MR) is 78.5 cm³/mol. The van der Waals surface area contributed by atoms with Gasteiger partial charge >= 0.3 is 0 Å². The van der Waals surface area contributed by atoms with Gasteiger partial charge in [-0.2, -0.15) is 0 Å². The van der Waals surface area contributed by atoms with Crippen LogP contribution in [0.1, 0.15) is 12.1 Å². The number of fused-ring (bicyclic) bond motifs is 1. The SMILES string of the molecule is Nc1ccc(NC(=O)C2CCn3cncc3C2)cc1Cl. The van der Waals surface area contributed by atoms with Crippen LogP contribution in [-0.4, -0.2) is 15.5 Å². The first-order valence-corrected chi connectivity index (χ1v) is 6.86. The summed E-state index contributed by atoms with van der Waals surface area (Å²) in [6, 6.07) is 5.11. The molecule has 1 aromatic heterocycles. The molecular weight excluding hydrogens is 276 g/mol. The highest BCUT2D eigenvalue weighted by Gasteiger charge is 2.24. The number of carbonyl (C=O) groups excluding carboxylic acids is 1. The number of hydrogen-bond donors (Lipinski definition) is 2. The lowest BCUT2D eigenvalue weighted by atomic mass is 9.95. The number of imidazole rings is 1. The Morgan fingerprint density at radius 2 is 2.35 bits per heavy atom. The summed E-state index contributed by atoms with van der Waals surface area (Å²) in [7, 11) is 0. The number of aromatic nitrogens is 2. The van der Waals surface area contributed by atoms with Crippen LogP contribution in [0, 0.1) is 5.92 Å². The summed E-state index contributed by atoms with van der Waals surface area (Å²) in [5.74, 6) is -0.0196. The molecule has 5 nitrogen and oxygen atoms in total. The summed E-state index contributed by atoms with van der Waals surface area (Å²) in [4.78, 5) is 16.4. The lowest BCUT2D eigenvalue weighted by Crippen LogP contribution is -2.29. The minimum atomic E-state index is -0.0319. The average Bonchev–Trinajstić information content (AvgIpc) is 2.90. The maximum Gasteiger partial charge on any atom is 0.227 e. The number of aryl methyl sites for hydroxylation is 1. The maximum atomic E-state index is 12.3. The lowest BCUT2D eigenvalue weighted by Gasteiger charge is -2.23. The monoisotopic (exact) mass is 290 g/mol. The van der Waals surface area contributed by atoms with E-state index in [-0.39, 0.29) is 11.8 Å². The van der Waals surface area contributed by atoms with Crippen molar-refractivity contribution in [3.8, 4) is 0 Å². The number of nitrogens with zero attached hydrogens (tertiary/aromatic N) is 2. The van der Waals surface area contributed by atoms with Crippen molar-refractivity contribution < 1.29 is 4.79 Å². The molecule has 1 aliphatic heterocycles. The Kier molecular flexibility index (Phi) is 3.36. The van der Waals surface area contributed by atoms with Crippen molar-refractivity contribution in [1.29, 1.82) is 0 Å². The summed E-state index contributed by atoms with van der Waals surface area (Å²) >= 11 is 5.95. The van der Waals surface area contributed by atoms with Gasteiger partial charge in [-0.25, -0.2) is 4.98 Å². The molecule has 1 aliphatic rings. The number of nitrogens with one attached hydrogen (secondary N) is 1. The zero-order valence-corrected chi connectivity index (χ0v) is 11.6. The fraction of sp³-hybridized carbons (Fsp3) is 0.286. The largest absolute Gasteiger partial charge is 0.398 e. The van der Waals surface area contributed by atoms with E-state index in [1.54, 1.807) is 18.2 Å². The molecule has 6 heteroatoms. The summed E-state index contributed by atoms with van der Waals surface area (Å²) < 4.78 is 2.09. The third-order valence-electron chi connectivity index (χ3n) is 3.61. The van der Waals surface area contributed by atoms with Crippen LogP contribution in [0.15, 0.2) is 30.7 Å². The van der Waals surface area contributed by atoms with E-state index >= 15 is 0 Å². The van der Waals surface area contributed by atoms with Crippen LogP contribution in [0.2, 0.25) is 5.02 Å². The van der Waals surface area contributed by atoms with Crippen LogP contribution in [0.3, 0.4) is 0 Å². The van der Waals surface area contributed by atoms with Crippen molar-refractivity contribution in [2.45, 2.75) is 19.4 Å². The van der Waals surface area contributed by atoms with Gasteiger partial charge < -0.3 is 15.6 Å². The Labute approximate surface area is 121 Å². The summed E-state index contributed by atoms with van der Waals surface area (Å²) in [6.45, 7) is 0.829. The lowest BCUT2D eigenvalue weighted by molar-refractivity contribution is -0.120. The van der Waals surface area contributed by atoms with Gasteiger partial charge in [-0.05, 0) is 24.6 Å². The third-order valence-corrected chi connectivity index (χ3v) is 3.94. The van der Waals surface area contributed by atoms with Gasteiger partial charge in [-0.1, -0.05) is 11.6 Å². The number of amides is 1. The van der Waals surface area contributed by atoms with Gasteiger partial charge in [0.1, 0.15) is 0 Å². The zero-order valence-electron chi connectivity index (χ0n) is 10.8. The first-order chi connectivity index (χ1) is 9.63. The molecule has 2 aromatic rings. The quantitative estimate of drug-likeness (QED) is 0.834. The standard InChI is InChI=1S/C14H15ClN4O/c15-12-6-10(1-2-13(12)16)18-14(20)9-3-4-19-8-17-7-11(19)5-9/h1-2,6-9H,3-5,16H2,(H,18,20). The van der Waals surface area contributed by atoms with Gasteiger partial charge in [0.15, 0.2) is 0 Å². The van der Waals surface area contributed by atoms with Gasteiger partial charge in [0.05, 0.1) is 17.0 Å². The minimum Gasteiger partial charge on any atom is -0.398 e. The Bertz CT molecular complexity index is 652. The van der Waals surface area contributed by atoms with Crippen molar-refractivity contribution in [2.24, 2.45) is 5.92 Å². The second-order valence-electron chi connectivity index (χ2n) is 4.99. The molecule has 0 saturated heterocycles. The number of anilines is 2. The molecule has 20 heavy (non-hydrogen) atoms. The molecule has 1 aromatic carbocycles. The number of benzene rings is 1. The van der Waals surface area contributed by atoms with Crippen LogP contribution in [0.25, 0.3) is 0 Å². The number of rotatable bonds is 2. The Balaban J connectivity index is 1.69. The second kappa shape index (κ2) is 5.17. The fourth-order valence-corrected chi connectivity index (χ4v) is 2.62. The van der Waals surface area contributed by atoms with Gasteiger partial charge in [0, 0.05) is 36.5 Å². The van der Waals surface area contributed by atoms with Crippen molar-refractivity contribution >= 4 is 28.9 Å². The summed E-state index contributed by atoms with van der Waals surface area (Å²) in [5, 5.41) is 3.34.